The van der Waals surface area contributed by atoms with Crippen molar-refractivity contribution in [3.05, 3.63) is 18.2 Å². The van der Waals surface area contributed by atoms with Crippen LogP contribution in [0.1, 0.15) is 19.0 Å². The number of imidazole rings is 1. The van der Waals surface area contributed by atoms with Crippen LogP contribution < -0.4 is 10.3 Å². The Kier molecular flexibility index (Phi) is 3.76. The maximum absolute atomic E-state index is 4.10. The Morgan fingerprint density at radius 1 is 1.54 bits per heavy atom. The summed E-state index contributed by atoms with van der Waals surface area (Å²) in [4.78, 5) is 4.10. The van der Waals surface area contributed by atoms with Gasteiger partial charge in [-0.2, -0.15) is 0 Å². The number of rotatable bonds is 5. The van der Waals surface area contributed by atoms with E-state index in [2.05, 4.69) is 17.2 Å². The van der Waals surface area contributed by atoms with E-state index in [1.165, 1.54) is 5.69 Å². The van der Waals surface area contributed by atoms with Gasteiger partial charge < -0.3 is 10.3 Å². The summed E-state index contributed by atoms with van der Waals surface area (Å²) in [5, 5.41) is 5.36. The first-order valence-corrected chi connectivity index (χ1v) is 4.65. The van der Waals surface area contributed by atoms with E-state index >= 15 is 0 Å². The van der Waals surface area contributed by atoms with E-state index in [4.69, 9.17) is 0 Å². The largest absolute Gasteiger partial charge is 0.318 e. The third-order valence-electron chi connectivity index (χ3n) is 1.86. The molecule has 0 aliphatic carbocycles. The molecule has 13 heavy (non-hydrogen) atoms. The molecule has 0 bridgehead atoms. The van der Waals surface area contributed by atoms with E-state index in [9.17, 15) is 0 Å². The molecule has 4 nitrogen and oxygen atoms in total. The maximum atomic E-state index is 4.10. The highest BCUT2D eigenvalue weighted by atomic mass is 15.5. The summed E-state index contributed by atoms with van der Waals surface area (Å²) in [7, 11) is 4.01. The first-order chi connectivity index (χ1) is 6.25. The minimum Gasteiger partial charge on any atom is -0.318 e. The van der Waals surface area contributed by atoms with Gasteiger partial charge in [0.15, 0.2) is 0 Å². The molecule has 0 atom stereocenters. The first-order valence-electron chi connectivity index (χ1n) is 4.65. The monoisotopic (exact) mass is 182 g/mol. The van der Waals surface area contributed by atoms with Gasteiger partial charge in [0, 0.05) is 20.6 Å². The van der Waals surface area contributed by atoms with Crippen molar-refractivity contribution in [2.45, 2.75) is 19.9 Å². The molecule has 0 aliphatic heterocycles. The fourth-order valence-corrected chi connectivity index (χ4v) is 1.20. The predicted molar refractivity (Wildman–Crippen MR) is 54.3 cm³/mol. The molecular formula is C9H18N4. The van der Waals surface area contributed by atoms with Crippen LogP contribution in [-0.2, 0) is 6.54 Å². The zero-order valence-corrected chi connectivity index (χ0v) is 8.62. The summed E-state index contributed by atoms with van der Waals surface area (Å²) in [5.74, 6) is 0. The van der Waals surface area contributed by atoms with Crippen LogP contribution in [0.25, 0.3) is 0 Å². The fraction of sp³-hybridized carbons (Fsp3) is 0.667. The van der Waals surface area contributed by atoms with Crippen molar-refractivity contribution >= 4 is 0 Å². The highest BCUT2D eigenvalue weighted by molar-refractivity contribution is 5.01. The Balaban J connectivity index is 2.50. The molecule has 0 unspecified atom stereocenters. The van der Waals surface area contributed by atoms with E-state index in [1.54, 1.807) is 0 Å². The first kappa shape index (κ1) is 10.1. The molecule has 4 heteroatoms. The van der Waals surface area contributed by atoms with Crippen molar-refractivity contribution < 1.29 is 0 Å². The van der Waals surface area contributed by atoms with Crippen LogP contribution in [0.4, 0.5) is 0 Å². The predicted octanol–water partition coefficient (Wildman–Crippen LogP) is 0.580. The van der Waals surface area contributed by atoms with Gasteiger partial charge in [-0.3, -0.25) is 0 Å². The lowest BCUT2D eigenvalue weighted by Crippen LogP contribution is -2.28. The Morgan fingerprint density at radius 2 is 2.31 bits per heavy atom. The van der Waals surface area contributed by atoms with E-state index in [0.717, 1.165) is 19.5 Å². The van der Waals surface area contributed by atoms with Crippen molar-refractivity contribution in [3.8, 4) is 0 Å². The van der Waals surface area contributed by atoms with Crippen molar-refractivity contribution in [2.24, 2.45) is 0 Å². The van der Waals surface area contributed by atoms with Crippen molar-refractivity contribution in [1.82, 2.24) is 15.0 Å². The number of aromatic nitrogens is 2. The van der Waals surface area contributed by atoms with Crippen LogP contribution in [0.3, 0.4) is 0 Å². The summed E-state index contributed by atoms with van der Waals surface area (Å²) < 4.78 is 2.03. The molecule has 0 saturated carbocycles. The van der Waals surface area contributed by atoms with E-state index < -0.39 is 0 Å². The molecule has 1 aromatic rings. The van der Waals surface area contributed by atoms with Gasteiger partial charge >= 0.3 is 0 Å². The highest BCUT2D eigenvalue weighted by Crippen LogP contribution is 1.97. The number of hydrogen-bond acceptors (Lipinski definition) is 3. The summed E-state index contributed by atoms with van der Waals surface area (Å²) in [6.07, 6.45) is 4.88. The van der Waals surface area contributed by atoms with Gasteiger partial charge in [0.2, 0.25) is 0 Å². The van der Waals surface area contributed by atoms with Gasteiger partial charge in [-0.25, -0.2) is 9.66 Å². The maximum Gasteiger partial charge on any atom is 0.114 e. The van der Waals surface area contributed by atoms with Gasteiger partial charge in [-0.15, -0.1) is 0 Å². The summed E-state index contributed by atoms with van der Waals surface area (Å²) in [6, 6.07) is 0. The molecule has 0 aliphatic rings. The fourth-order valence-electron chi connectivity index (χ4n) is 1.20. The van der Waals surface area contributed by atoms with Crippen LogP contribution in [0.5, 0.6) is 0 Å². The third kappa shape index (κ3) is 2.73. The molecular weight excluding hydrogens is 164 g/mol. The summed E-state index contributed by atoms with van der Waals surface area (Å²) >= 11 is 0. The van der Waals surface area contributed by atoms with Crippen molar-refractivity contribution in [1.29, 1.82) is 0 Å². The Hall–Kier alpha value is -1.03. The molecule has 0 amide bonds. The standard InChI is InChI=1S/C9H18N4/c1-4-5-10-6-9-7-11-8-13(9)12(2)3/h7-8,10H,4-6H2,1-3H3. The lowest BCUT2D eigenvalue weighted by atomic mass is 10.4. The number of nitrogens with zero attached hydrogens (tertiary/aromatic N) is 3. The Morgan fingerprint density at radius 3 is 2.92 bits per heavy atom. The quantitative estimate of drug-likeness (QED) is 0.676. The molecule has 0 aromatic carbocycles. The summed E-state index contributed by atoms with van der Waals surface area (Å²) in [5.41, 5.74) is 1.19. The minimum atomic E-state index is 0.881. The van der Waals surface area contributed by atoms with Crippen molar-refractivity contribution in [3.63, 3.8) is 0 Å². The molecule has 74 valence electrons. The van der Waals surface area contributed by atoms with E-state index in [1.807, 2.05) is 36.3 Å². The Bertz CT molecular complexity index is 242. The molecule has 0 spiro atoms. The second kappa shape index (κ2) is 4.87. The highest BCUT2D eigenvalue weighted by Gasteiger charge is 2.01. The third-order valence-corrected chi connectivity index (χ3v) is 1.86. The average molecular weight is 182 g/mol. The van der Waals surface area contributed by atoms with Gasteiger partial charge in [0.1, 0.15) is 6.33 Å². The second-order valence-electron chi connectivity index (χ2n) is 3.25. The van der Waals surface area contributed by atoms with Crippen molar-refractivity contribution in [2.75, 3.05) is 25.6 Å². The van der Waals surface area contributed by atoms with Gasteiger partial charge in [-0.1, -0.05) is 6.92 Å². The zero-order chi connectivity index (χ0) is 9.68. The molecule has 1 heterocycles. The van der Waals surface area contributed by atoms with Crippen LogP contribution in [-0.4, -0.2) is 30.3 Å². The molecule has 1 N–H and O–H groups in total. The van der Waals surface area contributed by atoms with Crippen LogP contribution in [0, 0.1) is 0 Å². The molecule has 0 saturated heterocycles. The topological polar surface area (TPSA) is 33.1 Å². The Labute approximate surface area is 79.5 Å². The van der Waals surface area contributed by atoms with Crippen LogP contribution in [0.15, 0.2) is 12.5 Å². The van der Waals surface area contributed by atoms with Crippen LogP contribution in [0.2, 0.25) is 0 Å². The average Bonchev–Trinajstić information content (AvgIpc) is 2.53. The zero-order valence-electron chi connectivity index (χ0n) is 8.62. The number of nitrogens with one attached hydrogen (secondary N) is 1. The van der Waals surface area contributed by atoms with Gasteiger partial charge in [0.05, 0.1) is 11.9 Å². The second-order valence-corrected chi connectivity index (χ2v) is 3.25. The van der Waals surface area contributed by atoms with E-state index in [0.29, 0.717) is 0 Å². The summed E-state index contributed by atoms with van der Waals surface area (Å²) in [6.45, 7) is 4.10. The van der Waals surface area contributed by atoms with E-state index in [-0.39, 0.29) is 0 Å². The lowest BCUT2D eigenvalue weighted by molar-refractivity contribution is 0.615. The minimum absolute atomic E-state index is 0.881. The molecule has 1 aromatic heterocycles. The lowest BCUT2D eigenvalue weighted by Gasteiger charge is -2.17. The van der Waals surface area contributed by atoms with Crippen LogP contribution >= 0.6 is 0 Å². The SMILES string of the molecule is CCCNCc1cncn1N(C)C. The molecule has 1 rings (SSSR count). The normalized spacial score (nSPS) is 10.4. The van der Waals surface area contributed by atoms with Gasteiger partial charge in [-0.05, 0) is 13.0 Å². The molecule has 0 radical (unpaired) electrons. The molecule has 0 fully saturated rings. The smallest absolute Gasteiger partial charge is 0.114 e. The van der Waals surface area contributed by atoms with Gasteiger partial charge in [0.25, 0.3) is 0 Å². The number of hydrogen-bond donors (Lipinski definition) is 1.